The maximum Gasteiger partial charge on any atom is 0.270 e. The number of nitrogens with two attached hydrogens (primary N) is 1. The van der Waals surface area contributed by atoms with Gasteiger partial charge in [-0.15, -0.1) is 0 Å². The van der Waals surface area contributed by atoms with Gasteiger partial charge in [0.05, 0.1) is 4.92 Å². The maximum atomic E-state index is 10.5. The summed E-state index contributed by atoms with van der Waals surface area (Å²) in [6.45, 7) is 0.290. The summed E-state index contributed by atoms with van der Waals surface area (Å²) < 4.78 is 1.63. The molecule has 0 aliphatic carbocycles. The van der Waals surface area contributed by atoms with Crippen LogP contribution in [0, 0.1) is 13.7 Å². The molecule has 0 spiro atoms. The summed E-state index contributed by atoms with van der Waals surface area (Å²) in [6.07, 6.45) is 0. The normalized spacial score (nSPS) is 10.1. The van der Waals surface area contributed by atoms with E-state index in [2.05, 4.69) is 15.9 Å². The number of hydrogen-bond donors (Lipinski definition) is 1. The lowest BCUT2D eigenvalue weighted by molar-refractivity contribution is -0.385. The van der Waals surface area contributed by atoms with E-state index in [9.17, 15) is 10.1 Å². The zero-order valence-electron chi connectivity index (χ0n) is 6.46. The van der Waals surface area contributed by atoms with Gasteiger partial charge in [0.1, 0.15) is 0 Å². The molecule has 0 aliphatic rings. The third-order valence-corrected chi connectivity index (χ3v) is 4.05. The van der Waals surface area contributed by atoms with Crippen LogP contribution in [0.25, 0.3) is 0 Å². The fourth-order valence-electron chi connectivity index (χ4n) is 0.884. The number of nitro benzene ring substituents is 1. The van der Waals surface area contributed by atoms with Gasteiger partial charge in [-0.25, -0.2) is 0 Å². The average molecular weight is 357 g/mol. The smallest absolute Gasteiger partial charge is 0.270 e. The molecule has 0 saturated carbocycles. The van der Waals surface area contributed by atoms with E-state index in [-0.39, 0.29) is 12.2 Å². The van der Waals surface area contributed by atoms with Crippen molar-refractivity contribution in [3.05, 3.63) is 35.9 Å². The summed E-state index contributed by atoms with van der Waals surface area (Å²) in [4.78, 5) is 10.1. The van der Waals surface area contributed by atoms with E-state index in [0.717, 1.165) is 13.6 Å². The van der Waals surface area contributed by atoms with Crippen molar-refractivity contribution in [1.29, 1.82) is 0 Å². The van der Waals surface area contributed by atoms with Crippen LogP contribution in [0.4, 0.5) is 5.69 Å². The number of non-ortho nitro benzene ring substituents is 1. The molecule has 1 aromatic carbocycles. The van der Waals surface area contributed by atoms with Crippen LogP contribution in [0.2, 0.25) is 0 Å². The summed E-state index contributed by atoms with van der Waals surface area (Å²) >= 11 is 5.34. The molecule has 0 radical (unpaired) electrons. The van der Waals surface area contributed by atoms with Crippen LogP contribution in [0.15, 0.2) is 16.6 Å². The number of hydrogen-bond acceptors (Lipinski definition) is 3. The first kappa shape index (κ1) is 10.9. The predicted octanol–water partition coefficient (Wildman–Crippen LogP) is 2.42. The molecule has 1 rings (SSSR count). The Morgan fingerprint density at radius 1 is 1.62 bits per heavy atom. The molecular formula is C7H6BrIN2O2. The summed E-state index contributed by atoms with van der Waals surface area (Å²) in [6, 6.07) is 2.98. The van der Waals surface area contributed by atoms with Crippen LogP contribution < -0.4 is 5.73 Å². The second kappa shape index (κ2) is 4.34. The number of benzene rings is 1. The van der Waals surface area contributed by atoms with E-state index in [0.29, 0.717) is 0 Å². The van der Waals surface area contributed by atoms with Crippen molar-refractivity contribution in [2.24, 2.45) is 5.73 Å². The van der Waals surface area contributed by atoms with Gasteiger partial charge in [-0.05, 0) is 44.1 Å². The van der Waals surface area contributed by atoms with Gasteiger partial charge in [0.2, 0.25) is 0 Å². The Morgan fingerprint density at radius 2 is 2.23 bits per heavy atom. The zero-order valence-corrected chi connectivity index (χ0v) is 10.2. The molecule has 1 aromatic rings. The molecule has 0 aromatic heterocycles. The molecule has 6 heteroatoms. The Morgan fingerprint density at radius 3 is 2.69 bits per heavy atom. The summed E-state index contributed by atoms with van der Waals surface area (Å²) in [5, 5.41) is 10.5. The Bertz CT molecular complexity index is 357. The first-order chi connectivity index (χ1) is 6.06. The van der Waals surface area contributed by atoms with Crippen molar-refractivity contribution < 1.29 is 4.92 Å². The van der Waals surface area contributed by atoms with Crippen LogP contribution in [0.3, 0.4) is 0 Å². The molecule has 0 atom stereocenters. The minimum atomic E-state index is -0.423. The monoisotopic (exact) mass is 356 g/mol. The van der Waals surface area contributed by atoms with E-state index in [1.165, 1.54) is 12.1 Å². The van der Waals surface area contributed by atoms with Gasteiger partial charge in [0, 0.05) is 26.7 Å². The van der Waals surface area contributed by atoms with Gasteiger partial charge < -0.3 is 5.73 Å². The molecule has 0 fully saturated rings. The van der Waals surface area contributed by atoms with Gasteiger partial charge in [0.25, 0.3) is 5.69 Å². The molecule has 0 saturated heterocycles. The number of nitro groups is 1. The molecule has 0 amide bonds. The predicted molar refractivity (Wildman–Crippen MR) is 61.4 cm³/mol. The third-order valence-electron chi connectivity index (χ3n) is 1.52. The standard InChI is InChI=1S/C7H6BrIN2O2/c8-7-4(3-10)1-5(11(12)13)2-6(7)9/h1-2H,3,10H2. The molecule has 0 unspecified atom stereocenters. The second-order valence-electron chi connectivity index (χ2n) is 2.36. The highest BCUT2D eigenvalue weighted by Gasteiger charge is 2.12. The van der Waals surface area contributed by atoms with Gasteiger partial charge >= 0.3 is 0 Å². The van der Waals surface area contributed by atoms with E-state index < -0.39 is 4.92 Å². The Hall–Kier alpha value is -0.210. The highest BCUT2D eigenvalue weighted by molar-refractivity contribution is 14.1. The van der Waals surface area contributed by atoms with Crippen molar-refractivity contribution >= 4 is 44.2 Å². The first-order valence-electron chi connectivity index (χ1n) is 3.38. The summed E-state index contributed by atoms with van der Waals surface area (Å²) in [7, 11) is 0. The molecule has 70 valence electrons. The van der Waals surface area contributed by atoms with Gasteiger partial charge in [-0.2, -0.15) is 0 Å². The van der Waals surface area contributed by atoms with E-state index >= 15 is 0 Å². The molecule has 4 nitrogen and oxygen atoms in total. The lowest BCUT2D eigenvalue weighted by atomic mass is 10.2. The molecule has 0 heterocycles. The molecular weight excluding hydrogens is 351 g/mol. The van der Waals surface area contributed by atoms with Crippen molar-refractivity contribution in [2.45, 2.75) is 6.54 Å². The van der Waals surface area contributed by atoms with Crippen LogP contribution in [0.1, 0.15) is 5.56 Å². The van der Waals surface area contributed by atoms with Crippen LogP contribution in [0.5, 0.6) is 0 Å². The third kappa shape index (κ3) is 2.38. The Balaban J connectivity index is 3.30. The first-order valence-corrected chi connectivity index (χ1v) is 5.25. The number of nitrogens with zero attached hydrogens (tertiary/aromatic N) is 1. The minimum Gasteiger partial charge on any atom is -0.326 e. The topological polar surface area (TPSA) is 69.2 Å². The van der Waals surface area contributed by atoms with E-state index in [1.54, 1.807) is 0 Å². The molecule has 2 N–H and O–H groups in total. The maximum absolute atomic E-state index is 10.5. The van der Waals surface area contributed by atoms with Crippen molar-refractivity contribution in [3.63, 3.8) is 0 Å². The average Bonchev–Trinajstić information content (AvgIpc) is 2.09. The quantitative estimate of drug-likeness (QED) is 0.502. The fraction of sp³-hybridized carbons (Fsp3) is 0.143. The lowest BCUT2D eigenvalue weighted by Crippen LogP contribution is -2.00. The Kier molecular flexibility index (Phi) is 3.63. The van der Waals surface area contributed by atoms with Gasteiger partial charge in [-0.3, -0.25) is 10.1 Å². The number of rotatable bonds is 2. The summed E-state index contributed by atoms with van der Waals surface area (Å²) in [5.41, 5.74) is 6.26. The van der Waals surface area contributed by atoms with Crippen molar-refractivity contribution in [1.82, 2.24) is 0 Å². The van der Waals surface area contributed by atoms with E-state index in [1.807, 2.05) is 22.6 Å². The van der Waals surface area contributed by atoms with Crippen molar-refractivity contribution in [3.8, 4) is 0 Å². The summed E-state index contributed by atoms with van der Waals surface area (Å²) in [5.74, 6) is 0. The molecule has 13 heavy (non-hydrogen) atoms. The largest absolute Gasteiger partial charge is 0.326 e. The number of halogens is 2. The SMILES string of the molecule is NCc1cc([N+](=O)[O-])cc(I)c1Br. The second-order valence-corrected chi connectivity index (χ2v) is 4.32. The van der Waals surface area contributed by atoms with Gasteiger partial charge in [0.15, 0.2) is 0 Å². The van der Waals surface area contributed by atoms with Crippen molar-refractivity contribution in [2.75, 3.05) is 0 Å². The van der Waals surface area contributed by atoms with E-state index in [4.69, 9.17) is 5.73 Å². The minimum absolute atomic E-state index is 0.0769. The zero-order chi connectivity index (χ0) is 10.0. The van der Waals surface area contributed by atoms with Crippen LogP contribution in [-0.4, -0.2) is 4.92 Å². The van der Waals surface area contributed by atoms with Crippen LogP contribution in [-0.2, 0) is 6.54 Å². The molecule has 0 aliphatic heterocycles. The highest BCUT2D eigenvalue weighted by atomic mass is 127. The van der Waals surface area contributed by atoms with Crippen LogP contribution >= 0.6 is 38.5 Å². The fourth-order valence-corrected chi connectivity index (χ4v) is 1.94. The Labute approximate surface area is 96.9 Å². The van der Waals surface area contributed by atoms with Gasteiger partial charge in [-0.1, -0.05) is 0 Å². The lowest BCUT2D eigenvalue weighted by Gasteiger charge is -2.03. The highest BCUT2D eigenvalue weighted by Crippen LogP contribution is 2.28. The molecule has 0 bridgehead atoms.